The van der Waals surface area contributed by atoms with Crippen LogP contribution in [0.15, 0.2) is 30.5 Å². The van der Waals surface area contributed by atoms with Crippen LogP contribution in [0.5, 0.6) is 5.75 Å². The van der Waals surface area contributed by atoms with Crippen molar-refractivity contribution >= 4 is 5.91 Å². The number of aromatic nitrogens is 2. The third kappa shape index (κ3) is 4.67. The molecule has 3 rings (SSSR count). The zero-order valence-corrected chi connectivity index (χ0v) is 16.3. The van der Waals surface area contributed by atoms with Gasteiger partial charge < -0.3 is 9.64 Å². The van der Waals surface area contributed by atoms with Crippen molar-refractivity contribution in [3.63, 3.8) is 0 Å². The predicted octanol–water partition coefficient (Wildman–Crippen LogP) is 3.12. The second-order valence-electron chi connectivity index (χ2n) is 6.97. The lowest BCUT2D eigenvalue weighted by molar-refractivity contribution is 0.0425. The summed E-state index contributed by atoms with van der Waals surface area (Å²) in [5.41, 5.74) is 2.31. The van der Waals surface area contributed by atoms with Gasteiger partial charge in [0.1, 0.15) is 11.4 Å². The van der Waals surface area contributed by atoms with Crippen LogP contribution >= 0.6 is 0 Å². The quantitative estimate of drug-likeness (QED) is 0.680. The molecule has 0 spiro atoms. The van der Waals surface area contributed by atoms with E-state index in [0.717, 1.165) is 37.4 Å². The van der Waals surface area contributed by atoms with Gasteiger partial charge in [-0.05, 0) is 43.5 Å². The number of amides is 1. The van der Waals surface area contributed by atoms with Gasteiger partial charge in [-0.15, -0.1) is 0 Å². The van der Waals surface area contributed by atoms with E-state index in [-0.39, 0.29) is 5.69 Å². The summed E-state index contributed by atoms with van der Waals surface area (Å²) in [5.74, 6) is 0.529. The minimum atomic E-state index is -2.81. The van der Waals surface area contributed by atoms with E-state index in [0.29, 0.717) is 24.4 Å². The van der Waals surface area contributed by atoms with E-state index in [9.17, 15) is 13.6 Å². The van der Waals surface area contributed by atoms with Crippen molar-refractivity contribution in [2.45, 2.75) is 26.8 Å². The molecular formula is C20H26F2N4O2. The van der Waals surface area contributed by atoms with Crippen LogP contribution in [0.3, 0.4) is 0 Å². The number of carbonyl (C=O) groups is 1. The van der Waals surface area contributed by atoms with Crippen molar-refractivity contribution < 1.29 is 18.3 Å². The molecule has 152 valence electrons. The maximum atomic E-state index is 12.9. The van der Waals surface area contributed by atoms with Gasteiger partial charge in [-0.3, -0.25) is 9.69 Å². The highest BCUT2D eigenvalue weighted by molar-refractivity contribution is 5.92. The Kier molecular flexibility index (Phi) is 6.61. The monoisotopic (exact) mass is 392 g/mol. The van der Waals surface area contributed by atoms with Gasteiger partial charge in [-0.2, -0.15) is 18.6 Å². The molecule has 1 fully saturated rings. The van der Waals surface area contributed by atoms with Crippen LogP contribution in [0.4, 0.5) is 8.78 Å². The first-order chi connectivity index (χ1) is 13.5. The molecule has 0 N–H and O–H groups in total. The topological polar surface area (TPSA) is 50.6 Å². The average molecular weight is 392 g/mol. The molecule has 2 heterocycles. The third-order valence-electron chi connectivity index (χ3n) is 5.16. The molecule has 0 bridgehead atoms. The molecule has 0 aliphatic carbocycles. The Bertz CT molecular complexity index is 801. The first kappa shape index (κ1) is 20.3. The Morgan fingerprint density at radius 2 is 1.93 bits per heavy atom. The Morgan fingerprint density at radius 1 is 1.18 bits per heavy atom. The second-order valence-corrected chi connectivity index (χ2v) is 6.97. The number of benzene rings is 1. The van der Waals surface area contributed by atoms with Crippen LogP contribution in [0, 0.1) is 13.8 Å². The number of nitrogens with zero attached hydrogens (tertiary/aromatic N) is 4. The number of halogens is 2. The van der Waals surface area contributed by atoms with Crippen molar-refractivity contribution in [2.24, 2.45) is 0 Å². The molecule has 1 saturated heterocycles. The van der Waals surface area contributed by atoms with E-state index >= 15 is 0 Å². The van der Waals surface area contributed by atoms with Crippen LogP contribution in [-0.2, 0) is 0 Å². The maximum absolute atomic E-state index is 12.9. The molecule has 2 aromatic rings. The fraction of sp³-hybridized carbons (Fsp3) is 0.500. The van der Waals surface area contributed by atoms with Crippen LogP contribution in [-0.4, -0.2) is 64.8 Å². The Hall–Kier alpha value is -2.48. The van der Waals surface area contributed by atoms with Gasteiger partial charge in [-0.25, -0.2) is 0 Å². The predicted molar refractivity (Wildman–Crippen MR) is 102 cm³/mol. The fourth-order valence-corrected chi connectivity index (χ4v) is 3.33. The van der Waals surface area contributed by atoms with Gasteiger partial charge in [0.15, 0.2) is 0 Å². The lowest BCUT2D eigenvalue weighted by Crippen LogP contribution is -2.49. The SMILES string of the molecule is Cc1cccc(OCCCN2CCN(C(=O)c3ccnn3C(F)F)CC2)c1C. The van der Waals surface area contributed by atoms with Crippen molar-refractivity contribution in [1.29, 1.82) is 0 Å². The largest absolute Gasteiger partial charge is 0.493 e. The lowest BCUT2D eigenvalue weighted by Gasteiger charge is -2.34. The number of rotatable bonds is 7. The summed E-state index contributed by atoms with van der Waals surface area (Å²) >= 11 is 0. The van der Waals surface area contributed by atoms with Crippen LogP contribution < -0.4 is 4.74 Å². The number of ether oxygens (including phenoxy) is 1. The number of hydrogen-bond donors (Lipinski definition) is 0. The highest BCUT2D eigenvalue weighted by Crippen LogP contribution is 2.20. The highest BCUT2D eigenvalue weighted by atomic mass is 19.3. The minimum Gasteiger partial charge on any atom is -0.493 e. The number of alkyl halides is 2. The molecular weight excluding hydrogens is 366 g/mol. The summed E-state index contributed by atoms with van der Waals surface area (Å²) in [6.45, 7) is 5.30. The van der Waals surface area contributed by atoms with Crippen LogP contribution in [0.25, 0.3) is 0 Å². The molecule has 0 radical (unpaired) electrons. The summed E-state index contributed by atoms with van der Waals surface area (Å²) in [6, 6.07) is 7.38. The van der Waals surface area contributed by atoms with E-state index in [4.69, 9.17) is 4.74 Å². The van der Waals surface area contributed by atoms with E-state index in [2.05, 4.69) is 29.9 Å². The molecule has 0 atom stereocenters. The van der Waals surface area contributed by atoms with E-state index in [1.54, 1.807) is 4.90 Å². The molecule has 1 aromatic heterocycles. The zero-order valence-electron chi connectivity index (χ0n) is 16.3. The van der Waals surface area contributed by atoms with Gasteiger partial charge in [0.25, 0.3) is 5.91 Å². The Morgan fingerprint density at radius 3 is 2.64 bits per heavy atom. The first-order valence-electron chi connectivity index (χ1n) is 9.49. The van der Waals surface area contributed by atoms with Gasteiger partial charge in [-0.1, -0.05) is 12.1 Å². The van der Waals surface area contributed by atoms with Crippen molar-refractivity contribution in [2.75, 3.05) is 39.3 Å². The summed E-state index contributed by atoms with van der Waals surface area (Å²) < 4.78 is 32.2. The van der Waals surface area contributed by atoms with Gasteiger partial charge in [0.05, 0.1) is 6.61 Å². The summed E-state index contributed by atoms with van der Waals surface area (Å²) in [6.07, 6.45) is 2.12. The van der Waals surface area contributed by atoms with Crippen molar-refractivity contribution in [3.05, 3.63) is 47.3 Å². The number of hydrogen-bond acceptors (Lipinski definition) is 4. The number of carbonyl (C=O) groups excluding carboxylic acids is 1. The standard InChI is InChI=1S/C20H26F2N4O2/c1-15-5-3-6-18(16(15)2)28-14-4-9-24-10-12-25(13-11-24)19(27)17-7-8-23-26(17)20(21)22/h3,5-8,20H,4,9-14H2,1-2H3. The van der Waals surface area contributed by atoms with Crippen molar-refractivity contribution in [3.8, 4) is 5.75 Å². The molecule has 28 heavy (non-hydrogen) atoms. The minimum absolute atomic E-state index is 0.0645. The fourth-order valence-electron chi connectivity index (χ4n) is 3.33. The van der Waals surface area contributed by atoms with Gasteiger partial charge in [0.2, 0.25) is 0 Å². The Balaban J connectivity index is 1.41. The number of piperazine rings is 1. The van der Waals surface area contributed by atoms with Crippen LogP contribution in [0.2, 0.25) is 0 Å². The highest BCUT2D eigenvalue weighted by Gasteiger charge is 2.26. The smallest absolute Gasteiger partial charge is 0.333 e. The lowest BCUT2D eigenvalue weighted by atomic mass is 10.1. The first-order valence-corrected chi connectivity index (χ1v) is 9.49. The molecule has 1 amide bonds. The molecule has 1 aromatic carbocycles. The second kappa shape index (κ2) is 9.14. The van der Waals surface area contributed by atoms with Crippen LogP contribution in [0.1, 0.15) is 34.6 Å². The summed E-state index contributed by atoms with van der Waals surface area (Å²) in [4.78, 5) is 16.3. The van der Waals surface area contributed by atoms with Crippen molar-refractivity contribution in [1.82, 2.24) is 19.6 Å². The average Bonchev–Trinajstić information content (AvgIpc) is 3.18. The summed E-state index contributed by atoms with van der Waals surface area (Å²) in [7, 11) is 0. The third-order valence-corrected chi connectivity index (χ3v) is 5.16. The molecule has 0 saturated carbocycles. The molecule has 0 unspecified atom stereocenters. The van der Waals surface area contributed by atoms with E-state index in [1.807, 2.05) is 12.1 Å². The molecule has 1 aliphatic rings. The maximum Gasteiger partial charge on any atom is 0.333 e. The zero-order chi connectivity index (χ0) is 20.1. The molecule has 1 aliphatic heterocycles. The number of aryl methyl sites for hydroxylation is 1. The van der Waals surface area contributed by atoms with Gasteiger partial charge in [0, 0.05) is 38.9 Å². The normalized spacial score (nSPS) is 15.2. The van der Waals surface area contributed by atoms with Gasteiger partial charge >= 0.3 is 6.55 Å². The molecule has 6 nitrogen and oxygen atoms in total. The molecule has 8 heteroatoms. The Labute approximate surface area is 163 Å². The summed E-state index contributed by atoms with van der Waals surface area (Å²) in [5, 5.41) is 3.53. The van der Waals surface area contributed by atoms with E-state index in [1.165, 1.54) is 17.8 Å². The van der Waals surface area contributed by atoms with E-state index < -0.39 is 12.5 Å².